The van der Waals surface area contributed by atoms with Gasteiger partial charge in [-0.3, -0.25) is 24.0 Å². The smallest absolute Gasteiger partial charge is 0.252 e. The number of ether oxygens (including phenoxy) is 3. The first-order valence-corrected chi connectivity index (χ1v) is 17.9. The van der Waals surface area contributed by atoms with Gasteiger partial charge in [-0.15, -0.1) is 0 Å². The SMILES string of the molecule is COc1cc2cc(OC)c1OCCCNC(=O)CN(C(=O)CCn1c(C)nc3ccccc31)CCNC(=O)[C@@H](Cc1ccccc1)NC(=O)[C@H](C)NC2=O. The van der Waals surface area contributed by atoms with Crippen LogP contribution in [-0.4, -0.2) is 103 Å². The van der Waals surface area contributed by atoms with Crippen molar-refractivity contribution in [2.45, 2.75) is 51.7 Å². The Morgan fingerprint density at radius 3 is 2.33 bits per heavy atom. The number of aryl methyl sites for hydroxylation is 2. The van der Waals surface area contributed by atoms with Crippen LogP contribution in [0, 0.1) is 6.92 Å². The Morgan fingerprint density at radius 1 is 0.907 bits per heavy atom. The number of rotatable bonds is 7. The molecule has 15 nitrogen and oxygen atoms in total. The number of nitrogens with one attached hydrogen (secondary N) is 4. The number of carbonyl (C=O) groups excluding carboxylic acids is 5. The van der Waals surface area contributed by atoms with E-state index >= 15 is 0 Å². The lowest BCUT2D eigenvalue weighted by Crippen LogP contribution is -2.54. The Kier molecular flexibility index (Phi) is 13.5. The Hall–Kier alpha value is -6.12. The topological polar surface area (TPSA) is 182 Å². The molecule has 2 aliphatic heterocycles. The van der Waals surface area contributed by atoms with Gasteiger partial charge < -0.3 is 44.9 Å². The molecule has 15 heteroatoms. The number of benzene rings is 3. The minimum atomic E-state index is -1.03. The van der Waals surface area contributed by atoms with Gasteiger partial charge in [0.25, 0.3) is 5.91 Å². The zero-order chi connectivity index (χ0) is 38.6. The van der Waals surface area contributed by atoms with E-state index in [1.807, 2.05) is 66.1 Å². The van der Waals surface area contributed by atoms with Gasteiger partial charge in [0.05, 0.1) is 38.4 Å². The quantitative estimate of drug-likeness (QED) is 0.206. The Balaban J connectivity index is 1.37. The molecule has 54 heavy (non-hydrogen) atoms. The van der Waals surface area contributed by atoms with E-state index < -0.39 is 29.8 Å². The lowest BCUT2D eigenvalue weighted by molar-refractivity contribution is -0.136. The summed E-state index contributed by atoms with van der Waals surface area (Å²) in [6, 6.07) is 17.7. The Labute approximate surface area is 313 Å². The second-order valence-corrected chi connectivity index (χ2v) is 12.9. The maximum absolute atomic E-state index is 13.7. The summed E-state index contributed by atoms with van der Waals surface area (Å²) < 4.78 is 18.9. The van der Waals surface area contributed by atoms with Gasteiger partial charge in [0.15, 0.2) is 11.5 Å². The zero-order valence-corrected chi connectivity index (χ0v) is 31.0. The summed E-state index contributed by atoms with van der Waals surface area (Å²) in [5.74, 6) is -0.817. The molecule has 286 valence electrons. The van der Waals surface area contributed by atoms with Crippen molar-refractivity contribution < 1.29 is 38.2 Å². The molecule has 2 atom stereocenters. The van der Waals surface area contributed by atoms with Gasteiger partial charge >= 0.3 is 0 Å². The highest BCUT2D eigenvalue weighted by Gasteiger charge is 2.27. The second kappa shape index (κ2) is 18.6. The molecule has 0 unspecified atom stereocenters. The first-order chi connectivity index (χ1) is 26.1. The number of nitrogens with zero attached hydrogens (tertiary/aromatic N) is 3. The standard InChI is InChI=1S/C39H47N7O8/c1-25-37(49)44-30(21-27-11-6-5-7-12-27)39(51)41-17-19-45(35(48)15-18-46-26(2)43-29-13-8-9-14-31(29)46)24-34(47)40-16-10-20-54-36-32(52-3)22-28(38(50)42-25)23-33(36)53-4/h5-9,11-14,22-23,25,30H,10,15-21,24H2,1-4H3,(H,40,47)(H,41,51)(H,42,50)(H,44,49)/t25-,30+/m0/s1. The van der Waals surface area contributed by atoms with E-state index in [1.165, 1.54) is 38.2 Å². The summed E-state index contributed by atoms with van der Waals surface area (Å²) in [5, 5.41) is 11.1. The van der Waals surface area contributed by atoms with Crippen molar-refractivity contribution in [1.29, 1.82) is 0 Å². The fourth-order valence-corrected chi connectivity index (χ4v) is 6.13. The van der Waals surface area contributed by atoms with E-state index in [0.29, 0.717) is 13.0 Å². The van der Waals surface area contributed by atoms with Gasteiger partial charge in [-0.1, -0.05) is 42.5 Å². The highest BCUT2D eigenvalue weighted by atomic mass is 16.5. The van der Waals surface area contributed by atoms with Crippen molar-refractivity contribution in [3.63, 3.8) is 0 Å². The van der Waals surface area contributed by atoms with Crippen LogP contribution in [0.1, 0.15) is 41.5 Å². The van der Waals surface area contributed by atoms with Crippen LogP contribution in [0.4, 0.5) is 0 Å². The number of methoxy groups -OCH3 is 2. The first kappa shape index (κ1) is 39.1. The van der Waals surface area contributed by atoms with Crippen LogP contribution in [0.2, 0.25) is 0 Å². The molecule has 3 aromatic carbocycles. The molecule has 0 spiro atoms. The third-order valence-corrected chi connectivity index (χ3v) is 9.03. The number of hydrogen-bond acceptors (Lipinski definition) is 9. The summed E-state index contributed by atoms with van der Waals surface area (Å²) in [7, 11) is 2.85. The predicted molar refractivity (Wildman–Crippen MR) is 200 cm³/mol. The zero-order valence-electron chi connectivity index (χ0n) is 31.0. The third-order valence-electron chi connectivity index (χ3n) is 9.03. The molecule has 4 aromatic rings. The van der Waals surface area contributed by atoms with E-state index in [-0.39, 0.29) is 80.3 Å². The van der Waals surface area contributed by atoms with Crippen molar-refractivity contribution >= 4 is 40.6 Å². The molecule has 1 aromatic heterocycles. The number of amides is 5. The van der Waals surface area contributed by atoms with Crippen LogP contribution < -0.4 is 35.5 Å². The number of carbonyl (C=O) groups is 5. The minimum absolute atomic E-state index is 0.0193. The second-order valence-electron chi connectivity index (χ2n) is 12.9. The molecule has 2 aliphatic rings. The van der Waals surface area contributed by atoms with Crippen LogP contribution in [-0.2, 0) is 32.1 Å². The van der Waals surface area contributed by atoms with Gasteiger partial charge in [-0.25, -0.2) is 4.98 Å². The van der Waals surface area contributed by atoms with E-state index in [1.54, 1.807) is 0 Å². The van der Waals surface area contributed by atoms with Crippen molar-refractivity contribution in [3.8, 4) is 17.2 Å². The average Bonchev–Trinajstić information content (AvgIpc) is 3.50. The molecule has 2 bridgehead atoms. The molecule has 0 saturated heterocycles. The molecular weight excluding hydrogens is 694 g/mol. The average molecular weight is 742 g/mol. The fraction of sp³-hybridized carbons (Fsp3) is 0.385. The van der Waals surface area contributed by atoms with Crippen LogP contribution in [0.3, 0.4) is 0 Å². The summed E-state index contributed by atoms with van der Waals surface area (Å²) in [5.41, 5.74) is 2.69. The monoisotopic (exact) mass is 741 g/mol. The molecular formula is C39H47N7O8. The van der Waals surface area contributed by atoms with Gasteiger partial charge in [0.1, 0.15) is 17.9 Å². The van der Waals surface area contributed by atoms with Gasteiger partial charge in [-0.2, -0.15) is 0 Å². The highest BCUT2D eigenvalue weighted by molar-refractivity contribution is 5.99. The number of imidazole rings is 1. The molecule has 6 rings (SSSR count). The summed E-state index contributed by atoms with van der Waals surface area (Å²) in [6.45, 7) is 3.99. The summed E-state index contributed by atoms with van der Waals surface area (Å²) in [4.78, 5) is 73.2. The number of hydrogen-bond donors (Lipinski definition) is 4. The number of fused-ring (bicyclic) bond motifs is 20. The first-order valence-electron chi connectivity index (χ1n) is 17.9. The summed E-state index contributed by atoms with van der Waals surface area (Å²) >= 11 is 0. The van der Waals surface area contributed by atoms with E-state index in [9.17, 15) is 24.0 Å². The number of aromatic nitrogens is 2. The molecule has 0 saturated carbocycles. The van der Waals surface area contributed by atoms with Crippen molar-refractivity contribution in [1.82, 2.24) is 35.7 Å². The molecule has 5 amide bonds. The largest absolute Gasteiger partial charge is 0.493 e. The van der Waals surface area contributed by atoms with Crippen LogP contribution in [0.15, 0.2) is 66.7 Å². The maximum Gasteiger partial charge on any atom is 0.252 e. The molecule has 4 N–H and O–H groups in total. The van der Waals surface area contributed by atoms with E-state index in [2.05, 4.69) is 26.3 Å². The van der Waals surface area contributed by atoms with Crippen LogP contribution >= 0.6 is 0 Å². The van der Waals surface area contributed by atoms with Crippen LogP contribution in [0.25, 0.3) is 11.0 Å². The van der Waals surface area contributed by atoms with Crippen LogP contribution in [0.5, 0.6) is 17.2 Å². The lowest BCUT2D eigenvalue weighted by atomic mass is 10.0. The summed E-state index contributed by atoms with van der Waals surface area (Å²) in [6.07, 6.45) is 0.667. The highest BCUT2D eigenvalue weighted by Crippen LogP contribution is 2.38. The Morgan fingerprint density at radius 2 is 1.61 bits per heavy atom. The van der Waals surface area contributed by atoms with Crippen molar-refractivity contribution in [3.05, 3.63) is 83.7 Å². The predicted octanol–water partition coefficient (Wildman–Crippen LogP) is 2.14. The third kappa shape index (κ3) is 10.1. The molecule has 3 heterocycles. The van der Waals surface area contributed by atoms with Crippen molar-refractivity contribution in [2.75, 3.05) is 47.0 Å². The van der Waals surface area contributed by atoms with E-state index in [0.717, 1.165) is 22.4 Å². The minimum Gasteiger partial charge on any atom is -0.493 e. The van der Waals surface area contributed by atoms with Crippen molar-refractivity contribution in [2.24, 2.45) is 0 Å². The maximum atomic E-state index is 13.7. The fourth-order valence-electron chi connectivity index (χ4n) is 6.13. The van der Waals surface area contributed by atoms with Gasteiger partial charge in [-0.05, 0) is 50.1 Å². The van der Waals surface area contributed by atoms with E-state index in [4.69, 9.17) is 14.2 Å². The normalized spacial score (nSPS) is 18.0. The Bertz CT molecular complexity index is 1940. The molecule has 0 fully saturated rings. The van der Waals surface area contributed by atoms with Gasteiger partial charge in [0.2, 0.25) is 29.4 Å². The lowest BCUT2D eigenvalue weighted by Gasteiger charge is -2.25. The van der Waals surface area contributed by atoms with Gasteiger partial charge in [0, 0.05) is 44.6 Å². The number of para-hydroxylation sites is 2. The molecule has 0 aliphatic carbocycles. The molecule has 0 radical (unpaired) electrons.